The summed E-state index contributed by atoms with van der Waals surface area (Å²) in [6, 6.07) is 9.64. The summed E-state index contributed by atoms with van der Waals surface area (Å²) in [5, 5.41) is 9.15. The molecule has 40 heavy (non-hydrogen) atoms. The number of rotatable bonds is 10. The molecule has 8 heteroatoms. The number of benzene rings is 2. The van der Waals surface area contributed by atoms with E-state index in [0.717, 1.165) is 28.7 Å². The maximum absolute atomic E-state index is 12.3. The lowest BCUT2D eigenvalue weighted by atomic mass is 10.0. The molecule has 0 unspecified atom stereocenters. The Labute approximate surface area is 237 Å². The van der Waals surface area contributed by atoms with Crippen molar-refractivity contribution in [2.24, 2.45) is 0 Å². The molecule has 1 amide bonds. The second kappa shape index (κ2) is 16.7. The number of ether oxygens (including phenoxy) is 2. The third-order valence-corrected chi connectivity index (χ3v) is 5.24. The molecule has 0 heterocycles. The summed E-state index contributed by atoms with van der Waals surface area (Å²) in [4.78, 5) is 48.7. The second-order valence-corrected chi connectivity index (χ2v) is 9.60. The van der Waals surface area contributed by atoms with Crippen LogP contribution in [-0.4, -0.2) is 60.6 Å². The number of esters is 2. The molecular formula is C32H41NO7. The van der Waals surface area contributed by atoms with Gasteiger partial charge in [-0.3, -0.25) is 4.79 Å². The largest absolute Gasteiger partial charge is 0.478 e. The summed E-state index contributed by atoms with van der Waals surface area (Å²) in [6.45, 7) is 14.5. The van der Waals surface area contributed by atoms with E-state index in [9.17, 15) is 19.2 Å². The first-order valence-electron chi connectivity index (χ1n) is 13.3. The van der Waals surface area contributed by atoms with E-state index in [0.29, 0.717) is 36.4 Å². The summed E-state index contributed by atoms with van der Waals surface area (Å²) in [5.74, 6) is -2.07. The van der Waals surface area contributed by atoms with E-state index < -0.39 is 17.9 Å². The van der Waals surface area contributed by atoms with Crippen molar-refractivity contribution in [1.29, 1.82) is 0 Å². The van der Waals surface area contributed by atoms with Crippen molar-refractivity contribution >= 4 is 36.0 Å². The van der Waals surface area contributed by atoms with Crippen molar-refractivity contribution < 1.29 is 33.8 Å². The summed E-state index contributed by atoms with van der Waals surface area (Å²) in [7, 11) is 1.72. The smallest absolute Gasteiger partial charge is 0.338 e. The third kappa shape index (κ3) is 11.3. The van der Waals surface area contributed by atoms with Crippen LogP contribution in [0.2, 0.25) is 0 Å². The van der Waals surface area contributed by atoms with Gasteiger partial charge in [0.25, 0.3) is 5.91 Å². The number of amides is 1. The maximum Gasteiger partial charge on any atom is 0.338 e. The lowest BCUT2D eigenvalue weighted by Crippen LogP contribution is -2.27. The Hall–Kier alpha value is -4.20. The number of nitrogens with zero attached hydrogens (tertiary/aromatic N) is 1. The van der Waals surface area contributed by atoms with Crippen LogP contribution in [0, 0.1) is 0 Å². The van der Waals surface area contributed by atoms with Crippen LogP contribution < -0.4 is 0 Å². The molecule has 0 aromatic heterocycles. The predicted molar refractivity (Wildman–Crippen MR) is 158 cm³/mol. The molecular weight excluding hydrogens is 510 g/mol. The van der Waals surface area contributed by atoms with Crippen LogP contribution in [0.5, 0.6) is 0 Å². The van der Waals surface area contributed by atoms with Gasteiger partial charge in [0.05, 0.1) is 29.9 Å². The van der Waals surface area contributed by atoms with Gasteiger partial charge in [0.15, 0.2) is 0 Å². The lowest BCUT2D eigenvalue weighted by molar-refractivity contribution is 0.0523. The fourth-order valence-corrected chi connectivity index (χ4v) is 3.71. The van der Waals surface area contributed by atoms with Crippen LogP contribution in [0.25, 0.3) is 12.2 Å². The number of carboxylic acids is 1. The van der Waals surface area contributed by atoms with Crippen molar-refractivity contribution in [2.45, 2.75) is 54.9 Å². The van der Waals surface area contributed by atoms with Gasteiger partial charge in [0, 0.05) is 19.2 Å². The Morgan fingerprint density at radius 2 is 1.10 bits per heavy atom. The van der Waals surface area contributed by atoms with Gasteiger partial charge in [-0.15, -0.1) is 0 Å². The fraction of sp³-hybridized carbons (Fsp3) is 0.375. The molecule has 1 N–H and O–H groups in total. The number of carbonyl (C=O) groups excluding carboxylic acids is 3. The average molecular weight is 552 g/mol. The van der Waals surface area contributed by atoms with E-state index in [-0.39, 0.29) is 11.5 Å². The van der Waals surface area contributed by atoms with Gasteiger partial charge in [-0.05, 0) is 95.5 Å². The minimum atomic E-state index is -1.03. The van der Waals surface area contributed by atoms with Gasteiger partial charge in [-0.1, -0.05) is 30.2 Å². The molecule has 0 radical (unpaired) electrons. The highest BCUT2D eigenvalue weighted by Crippen LogP contribution is 2.17. The minimum absolute atomic E-state index is 0.133. The zero-order valence-electron chi connectivity index (χ0n) is 24.8. The number of carboxylic acid groups (broad SMARTS) is 1. The van der Waals surface area contributed by atoms with Crippen molar-refractivity contribution in [3.63, 3.8) is 0 Å². The third-order valence-electron chi connectivity index (χ3n) is 5.24. The molecule has 2 aromatic carbocycles. The molecule has 216 valence electrons. The normalized spacial score (nSPS) is 9.90. The van der Waals surface area contributed by atoms with E-state index in [1.165, 1.54) is 12.1 Å². The van der Waals surface area contributed by atoms with Gasteiger partial charge < -0.3 is 19.5 Å². The summed E-state index contributed by atoms with van der Waals surface area (Å²) >= 11 is 0. The summed E-state index contributed by atoms with van der Waals surface area (Å²) in [6.07, 6.45) is 4.62. The Morgan fingerprint density at radius 1 is 0.700 bits per heavy atom. The zero-order valence-corrected chi connectivity index (χ0v) is 24.8. The standard InChI is InChI=1S/C16H21NO3.C16H20O4/c1-5-6-17(4)15(18)13-8-12(7-11(2)3)9-14(10-13)16(19)20;1-5-19-15(17)13-8-12(7-11(3)4)9-14(10-13)16(18)20-6-2/h7-10H,5-6H2,1-4H3,(H,19,20);7-10H,5-6H2,1-4H3. The number of allylic oxidation sites excluding steroid dienone is 2. The number of aromatic carboxylic acids is 1. The van der Waals surface area contributed by atoms with Crippen molar-refractivity contribution in [2.75, 3.05) is 26.8 Å². The van der Waals surface area contributed by atoms with Crippen LogP contribution in [0.4, 0.5) is 0 Å². The highest BCUT2D eigenvalue weighted by atomic mass is 16.5. The maximum atomic E-state index is 12.3. The number of hydrogen-bond acceptors (Lipinski definition) is 6. The predicted octanol–water partition coefficient (Wildman–Crippen LogP) is 6.75. The van der Waals surface area contributed by atoms with E-state index in [4.69, 9.17) is 14.6 Å². The van der Waals surface area contributed by atoms with Crippen molar-refractivity contribution in [3.8, 4) is 0 Å². The van der Waals surface area contributed by atoms with Crippen LogP contribution >= 0.6 is 0 Å². The lowest BCUT2D eigenvalue weighted by Gasteiger charge is -2.16. The molecule has 0 atom stereocenters. The molecule has 0 saturated heterocycles. The Kier molecular flexibility index (Phi) is 14.1. The zero-order chi connectivity index (χ0) is 30.4. The van der Waals surface area contributed by atoms with Gasteiger partial charge in [-0.2, -0.15) is 0 Å². The van der Waals surface area contributed by atoms with Gasteiger partial charge in [-0.25, -0.2) is 14.4 Å². The van der Waals surface area contributed by atoms with Crippen molar-refractivity contribution in [1.82, 2.24) is 4.90 Å². The highest BCUT2D eigenvalue weighted by molar-refractivity contribution is 5.98. The van der Waals surface area contributed by atoms with E-state index in [1.807, 2.05) is 46.8 Å². The van der Waals surface area contributed by atoms with Crippen LogP contribution in [-0.2, 0) is 9.47 Å². The summed E-state index contributed by atoms with van der Waals surface area (Å²) < 4.78 is 9.94. The Bertz CT molecular complexity index is 1230. The van der Waals surface area contributed by atoms with Crippen LogP contribution in [0.3, 0.4) is 0 Å². The molecule has 0 saturated carbocycles. The quantitative estimate of drug-likeness (QED) is 0.325. The highest BCUT2D eigenvalue weighted by Gasteiger charge is 2.15. The van der Waals surface area contributed by atoms with Crippen molar-refractivity contribution in [3.05, 3.63) is 80.9 Å². The first-order valence-corrected chi connectivity index (χ1v) is 13.3. The first kappa shape index (κ1) is 33.8. The van der Waals surface area contributed by atoms with Crippen LogP contribution in [0.15, 0.2) is 47.5 Å². The molecule has 2 aromatic rings. The fourth-order valence-electron chi connectivity index (χ4n) is 3.71. The van der Waals surface area contributed by atoms with Gasteiger partial charge in [0.2, 0.25) is 0 Å². The Balaban J connectivity index is 0.000000400. The van der Waals surface area contributed by atoms with E-state index in [2.05, 4.69) is 0 Å². The second-order valence-electron chi connectivity index (χ2n) is 9.60. The molecule has 0 aliphatic carbocycles. The number of carbonyl (C=O) groups is 4. The molecule has 8 nitrogen and oxygen atoms in total. The van der Waals surface area contributed by atoms with E-state index >= 15 is 0 Å². The molecule has 0 spiro atoms. The Morgan fingerprint density at radius 3 is 1.48 bits per heavy atom. The summed E-state index contributed by atoms with van der Waals surface area (Å²) in [5.41, 5.74) is 4.88. The SMILES string of the molecule is CCCN(C)C(=O)c1cc(C=C(C)C)cc(C(=O)O)c1.CCOC(=O)c1cc(C=C(C)C)cc(C(=O)OCC)c1. The minimum Gasteiger partial charge on any atom is -0.478 e. The number of hydrogen-bond donors (Lipinski definition) is 1. The van der Waals surface area contributed by atoms with Gasteiger partial charge >= 0.3 is 17.9 Å². The molecule has 0 bridgehead atoms. The molecule has 0 fully saturated rings. The topological polar surface area (TPSA) is 110 Å². The molecule has 2 rings (SSSR count). The van der Waals surface area contributed by atoms with Crippen LogP contribution in [0.1, 0.15) is 107 Å². The van der Waals surface area contributed by atoms with Gasteiger partial charge in [0.1, 0.15) is 0 Å². The average Bonchev–Trinajstić information content (AvgIpc) is 2.87. The monoisotopic (exact) mass is 551 g/mol. The molecule has 0 aliphatic rings. The van der Waals surface area contributed by atoms with E-state index in [1.54, 1.807) is 50.1 Å². The molecule has 0 aliphatic heterocycles. The first-order chi connectivity index (χ1) is 18.8.